The summed E-state index contributed by atoms with van der Waals surface area (Å²) in [7, 11) is -0.913. The minimum Gasteiger partial charge on any atom is -0.370 e. The summed E-state index contributed by atoms with van der Waals surface area (Å²) in [6.07, 6.45) is 1.61. The van der Waals surface area contributed by atoms with Gasteiger partial charge in [-0.25, -0.2) is 0 Å². The second-order valence-electron chi connectivity index (χ2n) is 2.54. The van der Waals surface area contributed by atoms with E-state index >= 15 is 0 Å². The zero-order valence-electron chi connectivity index (χ0n) is 7.73. The Hall–Kier alpha value is -1.11. The molecule has 0 bridgehead atoms. The zero-order chi connectivity index (χ0) is 10.4. The average Bonchev–Trinajstić information content (AvgIpc) is 1.98. The minimum atomic E-state index is -0.913. The number of aliphatic imine (C=N–C) groups is 2. The van der Waals surface area contributed by atoms with Crippen molar-refractivity contribution in [1.29, 1.82) is 0 Å². The van der Waals surface area contributed by atoms with Gasteiger partial charge in [0, 0.05) is 17.1 Å². The Kier molecular flexibility index (Phi) is 5.05. The lowest BCUT2D eigenvalue weighted by Crippen LogP contribution is -2.27. The average molecular weight is 205 g/mol. The first-order valence-corrected chi connectivity index (χ1v) is 5.27. The van der Waals surface area contributed by atoms with E-state index in [0.717, 1.165) is 0 Å². The lowest BCUT2D eigenvalue weighted by atomic mass is 10.5. The van der Waals surface area contributed by atoms with Gasteiger partial charge < -0.3 is 17.2 Å². The summed E-state index contributed by atoms with van der Waals surface area (Å²) < 4.78 is 10.9. The van der Waals surface area contributed by atoms with Crippen LogP contribution in [0.15, 0.2) is 9.98 Å². The molecular formula is C6H15N5OS. The minimum absolute atomic E-state index is 0.0114. The molecule has 0 saturated heterocycles. The van der Waals surface area contributed by atoms with Crippen LogP contribution in [0.1, 0.15) is 6.92 Å². The summed E-state index contributed by atoms with van der Waals surface area (Å²) in [5.41, 5.74) is 15.5. The normalized spacial score (nSPS) is 16.3. The van der Waals surface area contributed by atoms with E-state index in [1.165, 1.54) is 0 Å². The molecular weight excluding hydrogens is 190 g/mol. The molecule has 0 aromatic heterocycles. The molecule has 0 saturated carbocycles. The Labute approximate surface area is 79.7 Å². The highest BCUT2D eigenvalue weighted by Gasteiger charge is 2.04. The third-order valence-electron chi connectivity index (χ3n) is 1.32. The first-order chi connectivity index (χ1) is 5.93. The van der Waals surface area contributed by atoms with Crippen molar-refractivity contribution < 1.29 is 4.21 Å². The van der Waals surface area contributed by atoms with Crippen LogP contribution in [-0.4, -0.2) is 34.2 Å². The summed E-state index contributed by atoms with van der Waals surface area (Å²) in [6, 6.07) is 0. The summed E-state index contributed by atoms with van der Waals surface area (Å²) >= 11 is 0. The third-order valence-corrected chi connectivity index (χ3v) is 2.60. The maximum Gasteiger partial charge on any atom is 0.218 e. The van der Waals surface area contributed by atoms with Gasteiger partial charge in [0.25, 0.3) is 0 Å². The van der Waals surface area contributed by atoms with Gasteiger partial charge in [-0.1, -0.05) is 0 Å². The number of guanidine groups is 2. The van der Waals surface area contributed by atoms with E-state index in [0.29, 0.717) is 6.54 Å². The lowest BCUT2D eigenvalue weighted by molar-refractivity contribution is 0.677. The molecule has 0 fully saturated rings. The molecule has 6 nitrogen and oxygen atoms in total. The van der Waals surface area contributed by atoms with Crippen LogP contribution in [0.25, 0.3) is 0 Å². The molecule has 0 spiro atoms. The third kappa shape index (κ3) is 6.09. The van der Waals surface area contributed by atoms with E-state index in [-0.39, 0.29) is 17.2 Å². The van der Waals surface area contributed by atoms with Crippen molar-refractivity contribution in [2.24, 2.45) is 27.2 Å². The van der Waals surface area contributed by atoms with E-state index < -0.39 is 10.8 Å². The largest absolute Gasteiger partial charge is 0.370 e. The Morgan fingerprint density at radius 3 is 2.38 bits per heavy atom. The molecule has 13 heavy (non-hydrogen) atoms. The van der Waals surface area contributed by atoms with Crippen LogP contribution in [0, 0.1) is 0 Å². The van der Waals surface area contributed by atoms with Crippen molar-refractivity contribution in [3.05, 3.63) is 0 Å². The Morgan fingerprint density at radius 1 is 1.46 bits per heavy atom. The van der Waals surface area contributed by atoms with Gasteiger partial charge in [-0.05, 0) is 6.92 Å². The van der Waals surface area contributed by atoms with Gasteiger partial charge in [0.1, 0.15) is 0 Å². The van der Waals surface area contributed by atoms with Gasteiger partial charge in [-0.15, -0.1) is 0 Å². The molecule has 2 unspecified atom stereocenters. The van der Waals surface area contributed by atoms with Crippen LogP contribution in [0.4, 0.5) is 0 Å². The topological polar surface area (TPSA) is 120 Å². The van der Waals surface area contributed by atoms with Crippen molar-refractivity contribution in [2.45, 2.75) is 12.2 Å². The van der Waals surface area contributed by atoms with Gasteiger partial charge in [0.05, 0.1) is 11.8 Å². The molecule has 7 heteroatoms. The van der Waals surface area contributed by atoms with Crippen LogP contribution < -0.4 is 17.2 Å². The fraction of sp³-hybridized carbons (Fsp3) is 0.667. The van der Waals surface area contributed by atoms with Crippen molar-refractivity contribution in [3.8, 4) is 0 Å². The molecule has 6 N–H and O–H groups in total. The summed E-state index contributed by atoms with van der Waals surface area (Å²) in [4.78, 5) is 7.35. The number of rotatable bonds is 3. The Bertz CT molecular complexity index is 245. The van der Waals surface area contributed by atoms with Crippen LogP contribution >= 0.6 is 0 Å². The zero-order valence-corrected chi connectivity index (χ0v) is 8.54. The van der Waals surface area contributed by atoms with E-state index in [2.05, 4.69) is 9.98 Å². The fourth-order valence-corrected chi connectivity index (χ4v) is 0.779. The quantitative estimate of drug-likeness (QED) is 0.377. The number of nitrogens with zero attached hydrogens (tertiary/aromatic N) is 2. The smallest absolute Gasteiger partial charge is 0.218 e. The van der Waals surface area contributed by atoms with E-state index in [1.807, 2.05) is 6.92 Å². The summed E-state index contributed by atoms with van der Waals surface area (Å²) in [5, 5.41) is -0.0484. The molecule has 0 aliphatic heterocycles. The van der Waals surface area contributed by atoms with Gasteiger partial charge in [0.2, 0.25) is 5.96 Å². The standard InChI is InChI=1S/C6H15N5OS/c1-4(13(2)12)3-10-6(9)11-5(7)8/h4H,3H2,1-2H3,(H6,7,8,9,10,11). The first kappa shape index (κ1) is 11.9. The van der Waals surface area contributed by atoms with Gasteiger partial charge in [0.15, 0.2) is 5.96 Å². The van der Waals surface area contributed by atoms with Crippen molar-refractivity contribution in [1.82, 2.24) is 0 Å². The molecule has 2 atom stereocenters. The molecule has 0 heterocycles. The van der Waals surface area contributed by atoms with Crippen molar-refractivity contribution in [2.75, 3.05) is 12.8 Å². The van der Waals surface area contributed by atoms with E-state index in [1.54, 1.807) is 6.26 Å². The molecule has 0 rings (SSSR count). The second kappa shape index (κ2) is 5.52. The van der Waals surface area contributed by atoms with Crippen LogP contribution in [0.2, 0.25) is 0 Å². The van der Waals surface area contributed by atoms with E-state index in [4.69, 9.17) is 17.2 Å². The van der Waals surface area contributed by atoms with Gasteiger partial charge in [-0.3, -0.25) is 9.20 Å². The molecule has 0 aromatic carbocycles. The maximum atomic E-state index is 10.9. The van der Waals surface area contributed by atoms with Crippen molar-refractivity contribution in [3.63, 3.8) is 0 Å². The Morgan fingerprint density at radius 2 is 2.00 bits per heavy atom. The van der Waals surface area contributed by atoms with Crippen LogP contribution in [-0.2, 0) is 10.8 Å². The highest BCUT2D eigenvalue weighted by Crippen LogP contribution is 1.92. The predicted octanol–water partition coefficient (Wildman–Crippen LogP) is -1.66. The lowest BCUT2D eigenvalue weighted by Gasteiger charge is -2.03. The monoisotopic (exact) mass is 205 g/mol. The molecule has 0 radical (unpaired) electrons. The fourth-order valence-electron chi connectivity index (χ4n) is 0.495. The first-order valence-electron chi connectivity index (χ1n) is 3.65. The molecule has 0 aliphatic rings. The maximum absolute atomic E-state index is 10.9. The molecule has 0 amide bonds. The second-order valence-corrected chi connectivity index (χ2v) is 4.35. The van der Waals surface area contributed by atoms with Crippen LogP contribution in [0.5, 0.6) is 0 Å². The van der Waals surface area contributed by atoms with Gasteiger partial charge >= 0.3 is 0 Å². The van der Waals surface area contributed by atoms with E-state index in [9.17, 15) is 4.21 Å². The number of hydrogen-bond donors (Lipinski definition) is 3. The Balaban J connectivity index is 4.12. The highest BCUT2D eigenvalue weighted by atomic mass is 32.2. The molecule has 0 aromatic rings. The molecule has 76 valence electrons. The predicted molar refractivity (Wildman–Crippen MR) is 55.8 cm³/mol. The summed E-state index contributed by atoms with van der Waals surface area (Å²) in [5.74, 6) is -0.121. The van der Waals surface area contributed by atoms with Crippen LogP contribution in [0.3, 0.4) is 0 Å². The molecule has 0 aliphatic carbocycles. The SMILES string of the molecule is CC(CN=C(N)N=C(N)N)S(C)=O. The van der Waals surface area contributed by atoms with Gasteiger partial charge in [-0.2, -0.15) is 4.99 Å². The highest BCUT2D eigenvalue weighted by molar-refractivity contribution is 7.84. The number of nitrogens with two attached hydrogens (primary N) is 3. The number of hydrogen-bond acceptors (Lipinski definition) is 2. The summed E-state index contributed by atoms with van der Waals surface area (Å²) in [6.45, 7) is 2.16. The van der Waals surface area contributed by atoms with Crippen molar-refractivity contribution >= 4 is 22.7 Å².